The Morgan fingerprint density at radius 3 is 1.93 bits per heavy atom. The summed E-state index contributed by atoms with van der Waals surface area (Å²) in [7, 11) is 3.15. The molecule has 1 fully saturated rings. The number of fused-ring (bicyclic) bond motifs is 1. The summed E-state index contributed by atoms with van der Waals surface area (Å²) < 4.78 is 11.1. The summed E-state index contributed by atoms with van der Waals surface area (Å²) in [5, 5.41) is 15.6. The molecule has 4 aromatic rings. The highest BCUT2D eigenvalue weighted by Crippen LogP contribution is 2.30. The van der Waals surface area contributed by atoms with Crippen molar-refractivity contribution in [2.75, 3.05) is 19.6 Å². The van der Waals surface area contributed by atoms with Gasteiger partial charge in [0.05, 0.1) is 12.4 Å². The number of aliphatic carboxylic acids is 2. The zero-order valence-electron chi connectivity index (χ0n) is 25.3. The Morgan fingerprint density at radius 1 is 0.889 bits per heavy atom. The maximum atomic E-state index is 12.6. The average Bonchev–Trinajstić information content (AvgIpc) is 3.46. The number of nitrogens with zero attached hydrogens (tertiary/aromatic N) is 5. The number of likely N-dealkylation sites (tertiary alicyclic amines) is 1. The molecule has 13 nitrogen and oxygen atoms in total. The van der Waals surface area contributed by atoms with Crippen molar-refractivity contribution in [2.24, 2.45) is 14.1 Å². The molecule has 5 rings (SSSR count). The zero-order chi connectivity index (χ0) is 31.6. The van der Waals surface area contributed by atoms with E-state index in [1.54, 1.807) is 13.4 Å². The molecule has 3 heterocycles. The van der Waals surface area contributed by atoms with E-state index >= 15 is 0 Å². The van der Waals surface area contributed by atoms with Crippen LogP contribution in [-0.4, -0.2) is 77.0 Å². The van der Waals surface area contributed by atoms with E-state index in [0.717, 1.165) is 43.5 Å². The highest BCUT2D eigenvalue weighted by Gasteiger charge is 2.24. The van der Waals surface area contributed by atoms with Crippen molar-refractivity contribution in [3.8, 4) is 0 Å². The predicted octanol–water partition coefficient (Wildman–Crippen LogP) is 1.98. The lowest BCUT2D eigenvalue weighted by Crippen LogP contribution is -2.38. The maximum Gasteiger partial charge on any atom is 0.332 e. The topological polar surface area (TPSA) is 180 Å². The Bertz CT molecular complexity index is 1650. The van der Waals surface area contributed by atoms with E-state index in [-0.39, 0.29) is 28.9 Å². The molecule has 4 N–H and O–H groups in total. The molecule has 0 unspecified atom stereocenters. The van der Waals surface area contributed by atoms with Gasteiger partial charge in [-0.3, -0.25) is 13.9 Å². The monoisotopic (exact) mass is 621 g/mol. The van der Waals surface area contributed by atoms with Crippen LogP contribution in [0.15, 0.2) is 88.7 Å². The molecule has 0 spiro atoms. The quantitative estimate of drug-likeness (QED) is 0.250. The number of carboxylic acid groups (broad SMARTS) is 2. The van der Waals surface area contributed by atoms with Crippen molar-refractivity contribution in [1.29, 1.82) is 0 Å². The Hall–Kier alpha value is -4.85. The van der Waals surface area contributed by atoms with Crippen molar-refractivity contribution in [1.82, 2.24) is 23.6 Å². The number of carbonyl (C=O) groups is 2. The Kier molecular flexibility index (Phi) is 12.5. The van der Waals surface area contributed by atoms with Crippen LogP contribution in [0.1, 0.15) is 36.5 Å². The third-order valence-corrected chi connectivity index (χ3v) is 7.53. The number of aryl methyl sites for hydroxylation is 2. The van der Waals surface area contributed by atoms with Gasteiger partial charge in [-0.25, -0.2) is 19.4 Å². The molecule has 0 aliphatic carbocycles. The summed E-state index contributed by atoms with van der Waals surface area (Å²) in [5.41, 5.74) is 2.64. The molecule has 45 heavy (non-hydrogen) atoms. The van der Waals surface area contributed by atoms with Crippen LogP contribution < -0.4 is 11.2 Å². The lowest BCUT2D eigenvalue weighted by atomic mass is 10.00. The number of aromatic nitrogens is 4. The second kappa shape index (κ2) is 16.3. The van der Waals surface area contributed by atoms with Gasteiger partial charge in [-0.1, -0.05) is 60.7 Å². The molecule has 0 amide bonds. The van der Waals surface area contributed by atoms with Gasteiger partial charge in [0.25, 0.3) is 5.56 Å². The molecule has 1 saturated heterocycles. The number of ether oxygens (including phenoxy) is 1. The summed E-state index contributed by atoms with van der Waals surface area (Å²) in [6.45, 7) is 3.60. The fourth-order valence-corrected chi connectivity index (χ4v) is 5.24. The van der Waals surface area contributed by atoms with Crippen LogP contribution in [0, 0.1) is 0 Å². The van der Waals surface area contributed by atoms with Gasteiger partial charge in [-0.15, -0.1) is 0 Å². The standard InChI is InChI=1S/C28H33N5O3.C4H4O4.H2O/c1-30-26-24(27(34)31(2)28(30)35)33(20-29-26)17-9-16-32-18-14-23(15-19-32)36-25(21-10-5-3-6-11-21)22-12-7-4-8-13-22;5-3(6)1-2-4(7)8;/h3-8,10-13,20,23,25H,9,14-19H2,1-2H3;1-2H,(H,5,6)(H,7,8);1H2/b;2-1+;. The zero-order valence-corrected chi connectivity index (χ0v) is 25.3. The minimum Gasteiger partial charge on any atom is -0.478 e. The molecular formula is C32H39N5O8. The molecule has 0 bridgehead atoms. The number of benzene rings is 2. The van der Waals surface area contributed by atoms with Crippen molar-refractivity contribution in [3.63, 3.8) is 0 Å². The summed E-state index contributed by atoms with van der Waals surface area (Å²) >= 11 is 0. The van der Waals surface area contributed by atoms with Crippen LogP contribution in [0.2, 0.25) is 0 Å². The molecular weight excluding hydrogens is 582 g/mol. The van der Waals surface area contributed by atoms with E-state index in [2.05, 4.69) is 58.4 Å². The Labute approximate surface area is 259 Å². The lowest BCUT2D eigenvalue weighted by molar-refractivity contribution is -0.134. The predicted molar refractivity (Wildman–Crippen MR) is 168 cm³/mol. The van der Waals surface area contributed by atoms with E-state index in [4.69, 9.17) is 14.9 Å². The minimum atomic E-state index is -1.26. The van der Waals surface area contributed by atoms with Gasteiger partial charge in [0.2, 0.25) is 0 Å². The van der Waals surface area contributed by atoms with Crippen LogP contribution in [-0.2, 0) is 35.0 Å². The highest BCUT2D eigenvalue weighted by molar-refractivity contribution is 5.89. The summed E-state index contributed by atoms with van der Waals surface area (Å²) in [5.74, 6) is -2.51. The maximum absolute atomic E-state index is 12.6. The Morgan fingerprint density at radius 2 is 1.42 bits per heavy atom. The fourth-order valence-electron chi connectivity index (χ4n) is 5.24. The first-order chi connectivity index (χ1) is 21.2. The van der Waals surface area contributed by atoms with Crippen LogP contribution in [0.5, 0.6) is 0 Å². The molecule has 0 atom stereocenters. The van der Waals surface area contributed by atoms with Gasteiger partial charge < -0.3 is 29.9 Å². The fraction of sp³-hybridized carbons (Fsp3) is 0.344. The highest BCUT2D eigenvalue weighted by atomic mass is 16.5. The van der Waals surface area contributed by atoms with Gasteiger partial charge in [0.1, 0.15) is 6.10 Å². The van der Waals surface area contributed by atoms with E-state index in [9.17, 15) is 19.2 Å². The first-order valence-corrected chi connectivity index (χ1v) is 14.4. The summed E-state index contributed by atoms with van der Waals surface area (Å²) in [6.07, 6.45) is 5.83. The van der Waals surface area contributed by atoms with Crippen molar-refractivity contribution >= 4 is 23.1 Å². The summed E-state index contributed by atoms with van der Waals surface area (Å²) in [4.78, 5) is 50.7. The van der Waals surface area contributed by atoms with Crippen LogP contribution in [0.4, 0.5) is 0 Å². The van der Waals surface area contributed by atoms with E-state index in [0.29, 0.717) is 29.9 Å². The summed E-state index contributed by atoms with van der Waals surface area (Å²) in [6, 6.07) is 20.9. The third kappa shape index (κ3) is 9.08. The van der Waals surface area contributed by atoms with Crippen LogP contribution in [0.25, 0.3) is 11.2 Å². The molecule has 0 saturated carbocycles. The molecule has 240 valence electrons. The molecule has 1 aliphatic rings. The lowest BCUT2D eigenvalue weighted by Gasteiger charge is -2.34. The second-order valence-electron chi connectivity index (χ2n) is 10.6. The van der Waals surface area contributed by atoms with E-state index in [1.165, 1.54) is 22.7 Å². The van der Waals surface area contributed by atoms with Crippen molar-refractivity contribution in [3.05, 3.63) is 111 Å². The Balaban J connectivity index is 0.000000544. The third-order valence-electron chi connectivity index (χ3n) is 7.53. The number of imidazole rings is 1. The molecule has 0 radical (unpaired) electrons. The van der Waals surface area contributed by atoms with Crippen LogP contribution >= 0.6 is 0 Å². The average molecular weight is 622 g/mol. The number of hydrogen-bond acceptors (Lipinski definition) is 7. The molecule has 13 heteroatoms. The minimum absolute atomic E-state index is 0. The SMILES string of the molecule is Cn1c(=O)c2c(ncn2CCCN2CCC(OC(c3ccccc3)c3ccccc3)CC2)n(C)c1=O.O.O=C(O)/C=C/C(=O)O. The van der Waals surface area contributed by atoms with E-state index < -0.39 is 11.9 Å². The van der Waals surface area contributed by atoms with Crippen molar-refractivity contribution < 1.29 is 30.0 Å². The van der Waals surface area contributed by atoms with Gasteiger partial charge in [0, 0.05) is 45.9 Å². The van der Waals surface area contributed by atoms with Gasteiger partial charge >= 0.3 is 17.6 Å². The van der Waals surface area contributed by atoms with Gasteiger partial charge in [-0.2, -0.15) is 0 Å². The largest absolute Gasteiger partial charge is 0.478 e. The molecule has 1 aliphatic heterocycles. The normalized spacial score (nSPS) is 13.8. The first kappa shape index (κ1) is 34.6. The molecule has 2 aromatic carbocycles. The van der Waals surface area contributed by atoms with Gasteiger partial charge in [-0.05, 0) is 36.9 Å². The van der Waals surface area contributed by atoms with Crippen molar-refractivity contribution in [2.45, 2.75) is 38.0 Å². The number of carboxylic acids is 2. The smallest absolute Gasteiger partial charge is 0.332 e. The van der Waals surface area contributed by atoms with E-state index in [1.807, 2.05) is 16.7 Å². The molecule has 2 aromatic heterocycles. The number of rotatable bonds is 10. The van der Waals surface area contributed by atoms with Gasteiger partial charge in [0.15, 0.2) is 11.2 Å². The first-order valence-electron chi connectivity index (χ1n) is 14.4. The van der Waals surface area contributed by atoms with Crippen LogP contribution in [0.3, 0.4) is 0 Å². The number of piperidine rings is 1. The number of hydrogen-bond donors (Lipinski definition) is 2. The second-order valence-corrected chi connectivity index (χ2v) is 10.6.